The second-order valence-corrected chi connectivity index (χ2v) is 1.77. The first kappa shape index (κ1) is 12.3. The lowest BCUT2D eigenvalue weighted by Crippen LogP contribution is -1.64. The normalized spacial score (nSPS) is 6.45. The van der Waals surface area contributed by atoms with Crippen molar-refractivity contribution in [3.05, 3.63) is 0 Å². The minimum absolute atomic E-state index is 0.358. The standard InChI is InChI=1S/C4H4N2.C4H8O/c5-3-1-2-4-6;1-2-3-4-5/h1-2H2;4H,2-3H2,1H3. The van der Waals surface area contributed by atoms with Crippen molar-refractivity contribution in [1.82, 2.24) is 0 Å². The Kier molecular flexibility index (Phi) is 17.8. The van der Waals surface area contributed by atoms with Crippen LogP contribution in [0, 0.1) is 22.7 Å². The molecule has 0 fully saturated rings. The number of hydrogen-bond acceptors (Lipinski definition) is 3. The Morgan fingerprint density at radius 2 is 1.73 bits per heavy atom. The van der Waals surface area contributed by atoms with Crippen molar-refractivity contribution in [3.8, 4) is 12.1 Å². The highest BCUT2D eigenvalue weighted by Gasteiger charge is 1.72. The number of carbonyl (C=O) groups excluding carboxylic acids is 1. The first-order valence-corrected chi connectivity index (χ1v) is 3.51. The van der Waals surface area contributed by atoms with Crippen LogP contribution in [0.15, 0.2) is 0 Å². The highest BCUT2D eigenvalue weighted by Crippen LogP contribution is 1.78. The van der Waals surface area contributed by atoms with Crippen molar-refractivity contribution in [1.29, 1.82) is 10.5 Å². The molecular weight excluding hydrogens is 140 g/mol. The first-order valence-electron chi connectivity index (χ1n) is 3.51. The summed E-state index contributed by atoms with van der Waals surface area (Å²) in [4.78, 5) is 9.40. The van der Waals surface area contributed by atoms with E-state index in [1.165, 1.54) is 0 Å². The predicted octanol–water partition coefficient (Wildman–Crippen LogP) is 1.80. The number of rotatable bonds is 3. The summed E-state index contributed by atoms with van der Waals surface area (Å²) in [5.74, 6) is 0. The molecule has 0 N–H and O–H groups in total. The van der Waals surface area contributed by atoms with Crippen LogP contribution in [0.4, 0.5) is 0 Å². The van der Waals surface area contributed by atoms with E-state index in [0.717, 1.165) is 12.7 Å². The summed E-state index contributed by atoms with van der Waals surface area (Å²) in [5.41, 5.74) is 0. The Bertz CT molecular complexity index is 138. The Morgan fingerprint density at radius 3 is 1.82 bits per heavy atom. The van der Waals surface area contributed by atoms with Crippen LogP contribution in [-0.4, -0.2) is 6.29 Å². The van der Waals surface area contributed by atoms with Crippen LogP contribution in [0.25, 0.3) is 0 Å². The monoisotopic (exact) mass is 152 g/mol. The van der Waals surface area contributed by atoms with E-state index in [0.29, 0.717) is 19.3 Å². The Labute approximate surface area is 67.2 Å². The Hall–Kier alpha value is -1.35. The zero-order chi connectivity index (χ0) is 8.95. The first-order chi connectivity index (χ1) is 5.33. The highest BCUT2D eigenvalue weighted by atomic mass is 16.1. The van der Waals surface area contributed by atoms with Crippen LogP contribution >= 0.6 is 0 Å². The quantitative estimate of drug-likeness (QED) is 0.457. The van der Waals surface area contributed by atoms with Gasteiger partial charge in [-0.15, -0.1) is 0 Å². The molecule has 3 heteroatoms. The van der Waals surface area contributed by atoms with Crippen molar-refractivity contribution in [2.75, 3.05) is 0 Å². The van der Waals surface area contributed by atoms with E-state index in [1.54, 1.807) is 0 Å². The molecule has 0 aliphatic carbocycles. The van der Waals surface area contributed by atoms with Gasteiger partial charge < -0.3 is 4.79 Å². The molecule has 0 amide bonds. The van der Waals surface area contributed by atoms with Crippen LogP contribution in [-0.2, 0) is 4.79 Å². The minimum Gasteiger partial charge on any atom is -0.303 e. The predicted molar refractivity (Wildman–Crippen MR) is 41.4 cm³/mol. The van der Waals surface area contributed by atoms with Gasteiger partial charge in [0.05, 0.1) is 12.1 Å². The van der Waals surface area contributed by atoms with Crippen molar-refractivity contribution in [3.63, 3.8) is 0 Å². The van der Waals surface area contributed by atoms with Gasteiger partial charge >= 0.3 is 0 Å². The molecule has 0 spiro atoms. The largest absolute Gasteiger partial charge is 0.303 e. The van der Waals surface area contributed by atoms with E-state index in [9.17, 15) is 4.79 Å². The van der Waals surface area contributed by atoms with Crippen molar-refractivity contribution >= 4 is 6.29 Å². The Balaban J connectivity index is 0. The molecule has 0 rings (SSSR count). The molecule has 0 heterocycles. The van der Waals surface area contributed by atoms with Gasteiger partial charge in [-0.1, -0.05) is 6.92 Å². The van der Waals surface area contributed by atoms with Gasteiger partial charge in [0.2, 0.25) is 0 Å². The molecule has 0 atom stereocenters. The van der Waals surface area contributed by atoms with Gasteiger partial charge in [0.15, 0.2) is 0 Å². The summed E-state index contributed by atoms with van der Waals surface area (Å²) in [6.07, 6.45) is 3.33. The zero-order valence-corrected chi connectivity index (χ0v) is 6.71. The zero-order valence-electron chi connectivity index (χ0n) is 6.71. The van der Waals surface area contributed by atoms with Gasteiger partial charge in [0, 0.05) is 19.3 Å². The second kappa shape index (κ2) is 15.9. The lowest BCUT2D eigenvalue weighted by molar-refractivity contribution is -0.107. The maximum Gasteiger partial charge on any atom is 0.119 e. The van der Waals surface area contributed by atoms with Crippen LogP contribution in [0.5, 0.6) is 0 Å². The summed E-state index contributed by atoms with van der Waals surface area (Å²) in [5, 5.41) is 15.6. The van der Waals surface area contributed by atoms with Crippen LogP contribution in [0.3, 0.4) is 0 Å². The van der Waals surface area contributed by atoms with E-state index in [2.05, 4.69) is 0 Å². The Morgan fingerprint density at radius 1 is 1.27 bits per heavy atom. The molecule has 0 aliphatic heterocycles. The van der Waals surface area contributed by atoms with Crippen molar-refractivity contribution < 1.29 is 4.79 Å². The van der Waals surface area contributed by atoms with Gasteiger partial charge in [0.1, 0.15) is 6.29 Å². The molecular formula is C8H12N2O. The van der Waals surface area contributed by atoms with Gasteiger partial charge in [-0.25, -0.2) is 0 Å². The lowest BCUT2D eigenvalue weighted by atomic mass is 10.4. The molecule has 11 heavy (non-hydrogen) atoms. The summed E-state index contributed by atoms with van der Waals surface area (Å²) < 4.78 is 0. The fourth-order valence-corrected chi connectivity index (χ4v) is 0.230. The molecule has 0 aromatic rings. The van der Waals surface area contributed by atoms with E-state index in [4.69, 9.17) is 10.5 Å². The average molecular weight is 152 g/mol. The second-order valence-electron chi connectivity index (χ2n) is 1.77. The van der Waals surface area contributed by atoms with Crippen LogP contribution < -0.4 is 0 Å². The molecule has 0 aromatic carbocycles. The van der Waals surface area contributed by atoms with E-state index in [-0.39, 0.29) is 0 Å². The van der Waals surface area contributed by atoms with E-state index >= 15 is 0 Å². The number of carbonyl (C=O) groups is 1. The van der Waals surface area contributed by atoms with Crippen molar-refractivity contribution in [2.24, 2.45) is 0 Å². The van der Waals surface area contributed by atoms with E-state index in [1.807, 2.05) is 19.1 Å². The topological polar surface area (TPSA) is 64.7 Å². The molecule has 0 aromatic heterocycles. The summed E-state index contributed by atoms with van der Waals surface area (Å²) >= 11 is 0. The van der Waals surface area contributed by atoms with Gasteiger partial charge in [-0.05, 0) is 6.42 Å². The number of unbranched alkanes of at least 4 members (excludes halogenated alkanes) is 2. The molecule has 0 bridgehead atoms. The van der Waals surface area contributed by atoms with Gasteiger partial charge in [-0.2, -0.15) is 10.5 Å². The number of nitrogens with zero attached hydrogens (tertiary/aromatic N) is 2. The average Bonchev–Trinajstić information content (AvgIpc) is 2.04. The summed E-state index contributed by atoms with van der Waals surface area (Å²) in [7, 11) is 0. The van der Waals surface area contributed by atoms with Crippen LogP contribution in [0.1, 0.15) is 32.6 Å². The molecule has 0 saturated carbocycles. The maximum absolute atomic E-state index is 9.40. The summed E-state index contributed by atoms with van der Waals surface area (Å²) in [6.45, 7) is 1.98. The van der Waals surface area contributed by atoms with Crippen molar-refractivity contribution in [2.45, 2.75) is 32.6 Å². The molecule has 3 nitrogen and oxygen atoms in total. The SMILES string of the molecule is CCCC=O.N#CCCC#N. The third-order valence-electron chi connectivity index (χ3n) is 0.755. The highest BCUT2D eigenvalue weighted by molar-refractivity contribution is 5.48. The fraction of sp³-hybridized carbons (Fsp3) is 0.625. The lowest BCUT2D eigenvalue weighted by Gasteiger charge is -1.68. The van der Waals surface area contributed by atoms with Gasteiger partial charge in [-0.3, -0.25) is 0 Å². The number of nitriles is 2. The fourth-order valence-electron chi connectivity index (χ4n) is 0.230. The molecule has 0 unspecified atom stereocenters. The smallest absolute Gasteiger partial charge is 0.119 e. The third kappa shape index (κ3) is 28.7. The molecule has 0 aliphatic rings. The molecule has 60 valence electrons. The van der Waals surface area contributed by atoms with Crippen LogP contribution in [0.2, 0.25) is 0 Å². The van der Waals surface area contributed by atoms with Gasteiger partial charge in [0.25, 0.3) is 0 Å². The molecule has 0 radical (unpaired) electrons. The molecule has 0 saturated heterocycles. The van der Waals surface area contributed by atoms with E-state index < -0.39 is 0 Å². The number of aldehydes is 1. The third-order valence-corrected chi connectivity index (χ3v) is 0.755. The summed E-state index contributed by atoms with van der Waals surface area (Å²) in [6, 6.07) is 3.69. The maximum atomic E-state index is 9.40. The minimum atomic E-state index is 0.358. The number of hydrogen-bond donors (Lipinski definition) is 0.